The van der Waals surface area contributed by atoms with Crippen LogP contribution in [0.25, 0.3) is 0 Å². The van der Waals surface area contributed by atoms with E-state index in [-0.39, 0.29) is 5.91 Å². The molecule has 0 radical (unpaired) electrons. The number of carbonyl (C=O) groups is 1. The molecule has 0 spiro atoms. The average Bonchev–Trinajstić information content (AvgIpc) is 2.74. The fraction of sp³-hybridized carbons (Fsp3) is 0.615. The summed E-state index contributed by atoms with van der Waals surface area (Å²) in [6, 6.07) is 4.23. The number of amides is 1. The first-order chi connectivity index (χ1) is 7.68. The van der Waals surface area contributed by atoms with Gasteiger partial charge < -0.3 is 5.32 Å². The Morgan fingerprint density at radius 3 is 2.88 bits per heavy atom. The van der Waals surface area contributed by atoms with Crippen LogP contribution in [0.5, 0.6) is 0 Å². The SMILES string of the molecule is CC(C)CNC(=O)CCCCc1cccs1. The number of unbranched alkanes of at least 4 members (excludes halogenated alkanes) is 1. The van der Waals surface area contributed by atoms with Crippen molar-refractivity contribution in [2.24, 2.45) is 5.92 Å². The molecule has 1 N–H and O–H groups in total. The van der Waals surface area contributed by atoms with E-state index in [4.69, 9.17) is 0 Å². The first-order valence-corrected chi connectivity index (χ1v) is 6.85. The maximum Gasteiger partial charge on any atom is 0.220 e. The van der Waals surface area contributed by atoms with E-state index in [1.165, 1.54) is 4.88 Å². The van der Waals surface area contributed by atoms with E-state index in [1.807, 2.05) is 0 Å². The molecule has 0 bridgehead atoms. The molecule has 2 nitrogen and oxygen atoms in total. The highest BCUT2D eigenvalue weighted by atomic mass is 32.1. The molecular formula is C13H21NOS. The summed E-state index contributed by atoms with van der Waals surface area (Å²) in [6.45, 7) is 5.01. The van der Waals surface area contributed by atoms with E-state index in [0.717, 1.165) is 25.8 Å². The molecule has 3 heteroatoms. The number of carbonyl (C=O) groups excluding carboxylic acids is 1. The molecule has 0 aromatic carbocycles. The smallest absolute Gasteiger partial charge is 0.220 e. The lowest BCUT2D eigenvalue weighted by Crippen LogP contribution is -2.26. The highest BCUT2D eigenvalue weighted by Crippen LogP contribution is 2.12. The van der Waals surface area contributed by atoms with E-state index in [1.54, 1.807) is 11.3 Å². The summed E-state index contributed by atoms with van der Waals surface area (Å²) >= 11 is 1.80. The first kappa shape index (κ1) is 13.2. The predicted molar refractivity (Wildman–Crippen MR) is 69.7 cm³/mol. The van der Waals surface area contributed by atoms with Gasteiger partial charge >= 0.3 is 0 Å². The zero-order chi connectivity index (χ0) is 11.8. The van der Waals surface area contributed by atoms with Crippen molar-refractivity contribution in [2.75, 3.05) is 6.54 Å². The van der Waals surface area contributed by atoms with Crippen LogP contribution in [0, 0.1) is 5.92 Å². The maximum atomic E-state index is 11.4. The van der Waals surface area contributed by atoms with Crippen molar-refractivity contribution in [3.8, 4) is 0 Å². The lowest BCUT2D eigenvalue weighted by Gasteiger charge is -2.07. The Hall–Kier alpha value is -0.830. The van der Waals surface area contributed by atoms with Crippen LogP contribution in [0.3, 0.4) is 0 Å². The molecule has 16 heavy (non-hydrogen) atoms. The molecule has 0 aliphatic carbocycles. The number of nitrogens with one attached hydrogen (secondary N) is 1. The number of aryl methyl sites for hydroxylation is 1. The normalized spacial score (nSPS) is 10.7. The summed E-state index contributed by atoms with van der Waals surface area (Å²) in [5.41, 5.74) is 0. The molecule has 1 aromatic rings. The number of rotatable bonds is 7. The van der Waals surface area contributed by atoms with Crippen molar-refractivity contribution in [3.05, 3.63) is 22.4 Å². The van der Waals surface area contributed by atoms with E-state index >= 15 is 0 Å². The number of hydrogen-bond donors (Lipinski definition) is 1. The largest absolute Gasteiger partial charge is 0.356 e. The van der Waals surface area contributed by atoms with E-state index < -0.39 is 0 Å². The van der Waals surface area contributed by atoms with Crippen molar-refractivity contribution < 1.29 is 4.79 Å². The molecule has 0 aliphatic heterocycles. The highest BCUT2D eigenvalue weighted by molar-refractivity contribution is 7.09. The van der Waals surface area contributed by atoms with Crippen LogP contribution >= 0.6 is 11.3 Å². The Morgan fingerprint density at radius 1 is 1.44 bits per heavy atom. The van der Waals surface area contributed by atoms with Gasteiger partial charge in [-0.3, -0.25) is 4.79 Å². The van der Waals surface area contributed by atoms with Crippen molar-refractivity contribution >= 4 is 17.2 Å². The Kier molecular flexibility index (Phi) is 6.16. The Bertz CT molecular complexity index is 293. The molecule has 0 unspecified atom stereocenters. The standard InChI is InChI=1S/C13H21NOS/c1-11(2)10-14-13(15)8-4-3-6-12-7-5-9-16-12/h5,7,9,11H,3-4,6,8,10H2,1-2H3,(H,14,15). The molecule has 1 amide bonds. The summed E-state index contributed by atoms with van der Waals surface area (Å²) < 4.78 is 0. The Morgan fingerprint density at radius 2 is 2.25 bits per heavy atom. The van der Waals surface area contributed by atoms with Gasteiger partial charge in [0.15, 0.2) is 0 Å². The molecule has 0 atom stereocenters. The molecule has 0 saturated carbocycles. The second kappa shape index (κ2) is 7.44. The van der Waals surface area contributed by atoms with Crippen molar-refractivity contribution in [1.29, 1.82) is 0 Å². The van der Waals surface area contributed by atoms with E-state index in [9.17, 15) is 4.79 Å². The summed E-state index contributed by atoms with van der Waals surface area (Å²) in [4.78, 5) is 12.8. The molecular weight excluding hydrogens is 218 g/mol. The van der Waals surface area contributed by atoms with Crippen LogP contribution in [0.15, 0.2) is 17.5 Å². The van der Waals surface area contributed by atoms with Gasteiger partial charge in [-0.15, -0.1) is 11.3 Å². The Labute approximate surface area is 102 Å². The zero-order valence-corrected chi connectivity index (χ0v) is 11.0. The van der Waals surface area contributed by atoms with Crippen LogP contribution in [-0.4, -0.2) is 12.5 Å². The zero-order valence-electron chi connectivity index (χ0n) is 10.2. The second-order valence-corrected chi connectivity index (χ2v) is 5.52. The third kappa shape index (κ3) is 5.91. The molecule has 1 aromatic heterocycles. The topological polar surface area (TPSA) is 29.1 Å². The number of thiophene rings is 1. The first-order valence-electron chi connectivity index (χ1n) is 5.97. The van der Waals surface area contributed by atoms with Crippen LogP contribution in [-0.2, 0) is 11.2 Å². The predicted octanol–water partition coefficient (Wildman–Crippen LogP) is 3.23. The van der Waals surface area contributed by atoms with Gasteiger partial charge in [-0.2, -0.15) is 0 Å². The van der Waals surface area contributed by atoms with Crippen molar-refractivity contribution in [3.63, 3.8) is 0 Å². The van der Waals surface area contributed by atoms with Crippen molar-refractivity contribution in [2.45, 2.75) is 39.5 Å². The Balaban J connectivity index is 2.00. The summed E-state index contributed by atoms with van der Waals surface area (Å²) in [5.74, 6) is 0.731. The van der Waals surface area contributed by atoms with Gasteiger partial charge in [0, 0.05) is 17.8 Å². The fourth-order valence-corrected chi connectivity index (χ4v) is 2.20. The fourth-order valence-electron chi connectivity index (χ4n) is 1.45. The summed E-state index contributed by atoms with van der Waals surface area (Å²) in [5, 5.41) is 5.04. The van der Waals surface area contributed by atoms with Crippen LogP contribution in [0.2, 0.25) is 0 Å². The van der Waals surface area contributed by atoms with Gasteiger partial charge in [-0.05, 0) is 36.6 Å². The average molecular weight is 239 g/mol. The van der Waals surface area contributed by atoms with Crippen LogP contribution in [0.4, 0.5) is 0 Å². The van der Waals surface area contributed by atoms with Gasteiger partial charge in [-0.1, -0.05) is 19.9 Å². The molecule has 1 rings (SSSR count). The van der Waals surface area contributed by atoms with E-state index in [0.29, 0.717) is 12.3 Å². The number of hydrogen-bond acceptors (Lipinski definition) is 2. The van der Waals surface area contributed by atoms with Gasteiger partial charge in [0.2, 0.25) is 5.91 Å². The third-order valence-corrected chi connectivity index (χ3v) is 3.30. The van der Waals surface area contributed by atoms with Gasteiger partial charge in [0.25, 0.3) is 0 Å². The van der Waals surface area contributed by atoms with Crippen LogP contribution in [0.1, 0.15) is 38.0 Å². The molecule has 0 fully saturated rings. The lowest BCUT2D eigenvalue weighted by atomic mass is 10.1. The van der Waals surface area contributed by atoms with Gasteiger partial charge in [0.1, 0.15) is 0 Å². The minimum Gasteiger partial charge on any atom is -0.356 e. The summed E-state index contributed by atoms with van der Waals surface area (Å²) in [6.07, 6.45) is 3.87. The highest BCUT2D eigenvalue weighted by Gasteiger charge is 2.02. The monoisotopic (exact) mass is 239 g/mol. The quantitative estimate of drug-likeness (QED) is 0.727. The van der Waals surface area contributed by atoms with Crippen LogP contribution < -0.4 is 5.32 Å². The van der Waals surface area contributed by atoms with Gasteiger partial charge in [-0.25, -0.2) is 0 Å². The molecule has 90 valence electrons. The third-order valence-electron chi connectivity index (χ3n) is 2.36. The molecule has 0 aliphatic rings. The lowest BCUT2D eigenvalue weighted by molar-refractivity contribution is -0.121. The van der Waals surface area contributed by atoms with Gasteiger partial charge in [0.05, 0.1) is 0 Å². The van der Waals surface area contributed by atoms with E-state index in [2.05, 4.69) is 36.7 Å². The van der Waals surface area contributed by atoms with Crippen molar-refractivity contribution in [1.82, 2.24) is 5.32 Å². The minimum atomic E-state index is 0.194. The maximum absolute atomic E-state index is 11.4. The second-order valence-electron chi connectivity index (χ2n) is 4.48. The molecule has 0 saturated heterocycles. The molecule has 1 heterocycles. The summed E-state index contributed by atoms with van der Waals surface area (Å²) in [7, 11) is 0. The minimum absolute atomic E-state index is 0.194.